The van der Waals surface area contributed by atoms with Crippen LogP contribution in [-0.4, -0.2) is 33.7 Å². The van der Waals surface area contributed by atoms with Crippen LogP contribution in [0.5, 0.6) is 0 Å². The zero-order valence-electron chi connectivity index (χ0n) is 12.6. The highest BCUT2D eigenvalue weighted by molar-refractivity contribution is 7.80. The van der Waals surface area contributed by atoms with E-state index in [0.29, 0.717) is 11.4 Å². The van der Waals surface area contributed by atoms with Crippen LogP contribution in [0.1, 0.15) is 37.8 Å². The molecule has 6 heteroatoms. The number of fused-ring (bicyclic) bond motifs is 1. The van der Waals surface area contributed by atoms with Crippen LogP contribution in [0.2, 0.25) is 0 Å². The Hall–Kier alpha value is -2.08. The number of carbonyl (C=O) groups is 3. The van der Waals surface area contributed by atoms with E-state index < -0.39 is 11.9 Å². The molecule has 2 aliphatic rings. The molecule has 1 saturated heterocycles. The van der Waals surface area contributed by atoms with Crippen molar-refractivity contribution in [1.29, 1.82) is 0 Å². The second-order valence-electron chi connectivity index (χ2n) is 4.87. The third-order valence-electron chi connectivity index (χ3n) is 3.60. The molecule has 2 aliphatic heterocycles. The number of benzene rings is 1. The Balaban J connectivity index is 0.000000847. The molecule has 0 aliphatic carbocycles. The summed E-state index contributed by atoms with van der Waals surface area (Å²) in [5.74, 6) is -0.943. The van der Waals surface area contributed by atoms with Crippen LogP contribution >= 0.6 is 12.2 Å². The molecule has 3 amide bonds. The topological polar surface area (TPSA) is 66.5 Å². The summed E-state index contributed by atoms with van der Waals surface area (Å²) in [4.78, 5) is 37.1. The predicted octanol–water partition coefficient (Wildman–Crippen LogP) is 1.58. The smallest absolute Gasteiger partial charge is 0.249 e. The van der Waals surface area contributed by atoms with Gasteiger partial charge in [-0.3, -0.25) is 24.6 Å². The van der Waals surface area contributed by atoms with Gasteiger partial charge in [-0.1, -0.05) is 50.3 Å². The zero-order chi connectivity index (χ0) is 16.3. The summed E-state index contributed by atoms with van der Waals surface area (Å²) in [5.41, 5.74) is 1.69. The molecule has 1 N–H and O–H groups in total. The number of piperidine rings is 1. The van der Waals surface area contributed by atoms with Crippen molar-refractivity contribution in [2.75, 3.05) is 0 Å². The Kier molecular flexibility index (Phi) is 5.03. The maximum atomic E-state index is 12.3. The van der Waals surface area contributed by atoms with Crippen LogP contribution in [-0.2, 0) is 20.8 Å². The minimum absolute atomic E-state index is 0.191. The predicted molar refractivity (Wildman–Crippen MR) is 86.2 cm³/mol. The summed E-state index contributed by atoms with van der Waals surface area (Å²) in [6, 6.07) is 6.74. The first-order chi connectivity index (χ1) is 10.6. The molecule has 1 atom stereocenters. The van der Waals surface area contributed by atoms with Crippen molar-refractivity contribution in [2.24, 2.45) is 0 Å². The minimum Gasteiger partial charge on any atom is -0.295 e. The van der Waals surface area contributed by atoms with Crippen molar-refractivity contribution in [2.45, 2.75) is 39.2 Å². The SMILES string of the molecule is CC.O=C1CC[C@H](N2C(=O)Cc3ccccc3C2=S)C(=O)N1. The quantitative estimate of drug-likeness (QED) is 0.630. The van der Waals surface area contributed by atoms with Gasteiger partial charge in [-0.15, -0.1) is 0 Å². The van der Waals surface area contributed by atoms with E-state index in [9.17, 15) is 14.4 Å². The molecule has 0 aromatic heterocycles. The summed E-state index contributed by atoms with van der Waals surface area (Å²) >= 11 is 5.36. The lowest BCUT2D eigenvalue weighted by Gasteiger charge is -2.36. The van der Waals surface area contributed by atoms with Crippen LogP contribution in [0.3, 0.4) is 0 Å². The maximum Gasteiger partial charge on any atom is 0.249 e. The largest absolute Gasteiger partial charge is 0.295 e. The van der Waals surface area contributed by atoms with Gasteiger partial charge >= 0.3 is 0 Å². The van der Waals surface area contributed by atoms with Crippen molar-refractivity contribution in [3.05, 3.63) is 35.4 Å². The van der Waals surface area contributed by atoms with Gasteiger partial charge in [0.1, 0.15) is 11.0 Å². The van der Waals surface area contributed by atoms with Crippen molar-refractivity contribution < 1.29 is 14.4 Å². The van der Waals surface area contributed by atoms with Gasteiger partial charge in [0.05, 0.1) is 6.42 Å². The molecule has 1 aromatic rings. The third kappa shape index (κ3) is 2.92. The van der Waals surface area contributed by atoms with Crippen molar-refractivity contribution >= 4 is 34.9 Å². The lowest BCUT2D eigenvalue weighted by Crippen LogP contribution is -2.57. The number of nitrogens with one attached hydrogen (secondary N) is 1. The molecule has 0 bridgehead atoms. The van der Waals surface area contributed by atoms with Gasteiger partial charge < -0.3 is 0 Å². The van der Waals surface area contributed by atoms with E-state index in [0.717, 1.165) is 11.1 Å². The van der Waals surface area contributed by atoms with E-state index in [4.69, 9.17) is 12.2 Å². The fourth-order valence-electron chi connectivity index (χ4n) is 2.62. The Morgan fingerprint density at radius 1 is 1.18 bits per heavy atom. The maximum absolute atomic E-state index is 12.3. The number of thiocarbonyl (C=S) groups is 1. The average Bonchev–Trinajstić information content (AvgIpc) is 2.51. The lowest BCUT2D eigenvalue weighted by molar-refractivity contribution is -0.142. The Bertz CT molecular complexity index is 642. The summed E-state index contributed by atoms with van der Waals surface area (Å²) in [7, 11) is 0. The molecule has 1 fully saturated rings. The van der Waals surface area contributed by atoms with E-state index in [2.05, 4.69) is 5.32 Å². The summed E-state index contributed by atoms with van der Waals surface area (Å²) in [5, 5.41) is 2.26. The van der Waals surface area contributed by atoms with Gasteiger partial charge in [0, 0.05) is 12.0 Å². The molecule has 0 spiro atoms. The average molecular weight is 318 g/mol. The first-order valence-electron chi connectivity index (χ1n) is 7.36. The number of imide groups is 1. The van der Waals surface area contributed by atoms with Crippen molar-refractivity contribution in [3.8, 4) is 0 Å². The number of hydrogen-bond donors (Lipinski definition) is 1. The second kappa shape index (κ2) is 6.79. The number of hydrogen-bond acceptors (Lipinski definition) is 4. The molecule has 1 aromatic carbocycles. The van der Waals surface area contributed by atoms with Gasteiger partial charge in [0.15, 0.2) is 0 Å². The van der Waals surface area contributed by atoms with Gasteiger partial charge in [-0.25, -0.2) is 0 Å². The molecule has 5 nitrogen and oxygen atoms in total. The summed E-state index contributed by atoms with van der Waals surface area (Å²) in [6.45, 7) is 4.00. The van der Waals surface area contributed by atoms with Crippen LogP contribution in [0.15, 0.2) is 24.3 Å². The molecule has 2 heterocycles. The fourth-order valence-corrected chi connectivity index (χ4v) is 3.05. The molecule has 0 unspecified atom stereocenters. The van der Waals surface area contributed by atoms with Gasteiger partial charge in [0.2, 0.25) is 17.7 Å². The lowest BCUT2D eigenvalue weighted by atomic mass is 9.95. The first-order valence-corrected chi connectivity index (χ1v) is 7.77. The Morgan fingerprint density at radius 3 is 2.55 bits per heavy atom. The normalized spacial score (nSPS) is 20.8. The molecule has 116 valence electrons. The van der Waals surface area contributed by atoms with E-state index in [-0.39, 0.29) is 24.7 Å². The fraction of sp³-hybridized carbons (Fsp3) is 0.375. The van der Waals surface area contributed by atoms with Gasteiger partial charge in [-0.2, -0.15) is 0 Å². The molecule has 0 radical (unpaired) electrons. The monoisotopic (exact) mass is 318 g/mol. The van der Waals surface area contributed by atoms with Crippen LogP contribution in [0.25, 0.3) is 0 Å². The highest BCUT2D eigenvalue weighted by Gasteiger charge is 2.39. The van der Waals surface area contributed by atoms with Gasteiger partial charge in [-0.05, 0) is 12.0 Å². The summed E-state index contributed by atoms with van der Waals surface area (Å²) < 4.78 is 0. The molecular weight excluding hydrogens is 300 g/mol. The Labute approximate surface area is 134 Å². The van der Waals surface area contributed by atoms with Crippen molar-refractivity contribution in [3.63, 3.8) is 0 Å². The summed E-state index contributed by atoms with van der Waals surface area (Å²) in [6.07, 6.45) is 0.775. The Morgan fingerprint density at radius 2 is 1.86 bits per heavy atom. The van der Waals surface area contributed by atoms with E-state index in [1.54, 1.807) is 0 Å². The van der Waals surface area contributed by atoms with E-state index in [1.165, 1.54) is 4.90 Å². The van der Waals surface area contributed by atoms with Crippen LogP contribution in [0, 0.1) is 0 Å². The highest BCUT2D eigenvalue weighted by atomic mass is 32.1. The highest BCUT2D eigenvalue weighted by Crippen LogP contribution is 2.25. The number of carbonyl (C=O) groups excluding carboxylic acids is 3. The third-order valence-corrected chi connectivity index (χ3v) is 4.02. The standard InChI is InChI=1S/C14H12N2O3S.C2H6/c17-11-6-5-10(13(19)15-11)16-12(18)7-8-3-1-2-4-9(8)14(16)20;1-2/h1-4,10H,5-7H2,(H,15,17,19);1-2H3/t10-;/m0./s1. The van der Waals surface area contributed by atoms with Crippen molar-refractivity contribution in [1.82, 2.24) is 10.2 Å². The van der Waals surface area contributed by atoms with E-state index >= 15 is 0 Å². The van der Waals surface area contributed by atoms with E-state index in [1.807, 2.05) is 38.1 Å². The molecule has 0 saturated carbocycles. The minimum atomic E-state index is -0.680. The van der Waals surface area contributed by atoms with Gasteiger partial charge in [0.25, 0.3) is 0 Å². The number of rotatable bonds is 1. The van der Waals surface area contributed by atoms with Crippen LogP contribution < -0.4 is 5.32 Å². The molecule has 3 rings (SSSR count). The second-order valence-corrected chi connectivity index (χ2v) is 5.26. The molecular formula is C16H18N2O3S. The first kappa shape index (κ1) is 16.3. The number of amides is 3. The zero-order valence-corrected chi connectivity index (χ0v) is 13.4. The van der Waals surface area contributed by atoms with Crippen LogP contribution in [0.4, 0.5) is 0 Å². The molecule has 22 heavy (non-hydrogen) atoms. The number of nitrogens with zero attached hydrogens (tertiary/aromatic N) is 1.